The Morgan fingerprint density at radius 3 is 2.96 bits per heavy atom. The van der Waals surface area contributed by atoms with Gasteiger partial charge < -0.3 is 19.4 Å². The van der Waals surface area contributed by atoms with Gasteiger partial charge in [0.25, 0.3) is 5.91 Å². The van der Waals surface area contributed by atoms with Gasteiger partial charge in [0.05, 0.1) is 18.7 Å². The lowest BCUT2D eigenvalue weighted by Gasteiger charge is -2.35. The number of piperidine rings is 1. The Hall–Kier alpha value is -2.64. The van der Waals surface area contributed by atoms with Gasteiger partial charge in [-0.3, -0.25) is 9.69 Å². The number of aromatic nitrogens is 1. The van der Waals surface area contributed by atoms with E-state index in [1.54, 1.807) is 13.0 Å². The van der Waals surface area contributed by atoms with Crippen molar-refractivity contribution in [3.63, 3.8) is 0 Å². The molecule has 4 rings (SSSR count). The molecule has 1 fully saturated rings. The molecule has 7 nitrogen and oxygen atoms in total. The Balaban J connectivity index is 1.35. The molecule has 0 radical (unpaired) electrons. The Morgan fingerprint density at radius 1 is 1.38 bits per heavy atom. The van der Waals surface area contributed by atoms with Gasteiger partial charge >= 0.3 is 0 Å². The highest BCUT2D eigenvalue weighted by molar-refractivity contribution is 5.92. The van der Waals surface area contributed by atoms with Crippen molar-refractivity contribution in [3.8, 4) is 0 Å². The number of nitrogens with one attached hydrogen (secondary N) is 1. The fourth-order valence-electron chi connectivity index (χ4n) is 3.36. The summed E-state index contributed by atoms with van der Waals surface area (Å²) in [6, 6.07) is 11.2. The standard InChI is InChI=1S/C19H21N3O4/c1-12-8-16(21-26-12)19(24)20-15-6-7-22(11-17(15)23)10-14-9-13-4-2-3-5-18(13)25-14/h2-5,8-9,15,17,23H,6-7,10-11H2,1H3,(H,20,24)/t15-,17-/m1/s1. The third-order valence-corrected chi connectivity index (χ3v) is 4.70. The fourth-order valence-corrected chi connectivity index (χ4v) is 3.36. The van der Waals surface area contributed by atoms with E-state index < -0.39 is 6.10 Å². The van der Waals surface area contributed by atoms with Gasteiger partial charge in [0, 0.05) is 24.5 Å². The second-order valence-corrected chi connectivity index (χ2v) is 6.74. The molecule has 1 aliphatic heterocycles. The van der Waals surface area contributed by atoms with E-state index in [0.717, 1.165) is 23.3 Å². The zero-order chi connectivity index (χ0) is 18.1. The van der Waals surface area contributed by atoms with Crippen molar-refractivity contribution in [2.24, 2.45) is 0 Å². The van der Waals surface area contributed by atoms with Crippen LogP contribution in [-0.2, 0) is 6.54 Å². The van der Waals surface area contributed by atoms with E-state index in [9.17, 15) is 9.90 Å². The van der Waals surface area contributed by atoms with Crippen LogP contribution in [-0.4, -0.2) is 46.3 Å². The number of aliphatic hydroxyl groups excluding tert-OH is 1. The van der Waals surface area contributed by atoms with Gasteiger partial charge in [-0.25, -0.2) is 0 Å². The molecule has 1 saturated heterocycles. The lowest BCUT2D eigenvalue weighted by atomic mass is 10.0. The van der Waals surface area contributed by atoms with Crippen LogP contribution in [0.25, 0.3) is 11.0 Å². The highest BCUT2D eigenvalue weighted by atomic mass is 16.5. The summed E-state index contributed by atoms with van der Waals surface area (Å²) in [5.41, 5.74) is 1.10. The summed E-state index contributed by atoms with van der Waals surface area (Å²) in [6.07, 6.45) is 0.00864. The molecule has 0 saturated carbocycles. The van der Waals surface area contributed by atoms with Gasteiger partial charge in [-0.05, 0) is 25.5 Å². The zero-order valence-electron chi connectivity index (χ0n) is 14.5. The first-order chi connectivity index (χ1) is 12.6. The van der Waals surface area contributed by atoms with Crippen LogP contribution in [0.3, 0.4) is 0 Å². The molecule has 26 heavy (non-hydrogen) atoms. The van der Waals surface area contributed by atoms with E-state index in [1.165, 1.54) is 0 Å². The van der Waals surface area contributed by atoms with E-state index >= 15 is 0 Å². The smallest absolute Gasteiger partial charge is 0.273 e. The maximum absolute atomic E-state index is 12.2. The Morgan fingerprint density at radius 2 is 2.23 bits per heavy atom. The zero-order valence-corrected chi connectivity index (χ0v) is 14.5. The first kappa shape index (κ1) is 16.8. The highest BCUT2D eigenvalue weighted by Gasteiger charge is 2.30. The molecule has 7 heteroatoms. The molecule has 0 unspecified atom stereocenters. The second-order valence-electron chi connectivity index (χ2n) is 6.74. The summed E-state index contributed by atoms with van der Waals surface area (Å²) in [7, 11) is 0. The quantitative estimate of drug-likeness (QED) is 0.745. The monoisotopic (exact) mass is 355 g/mol. The Labute approximate surface area is 150 Å². The number of rotatable bonds is 4. The number of hydrogen-bond donors (Lipinski definition) is 2. The summed E-state index contributed by atoms with van der Waals surface area (Å²) in [6.45, 7) is 3.60. The number of β-amino-alcohol motifs (C(OH)–C–C–N with tert-alkyl or cyclic N) is 1. The molecule has 0 spiro atoms. The van der Waals surface area contributed by atoms with Gasteiger partial charge in [-0.15, -0.1) is 0 Å². The molecule has 3 aromatic rings. The number of aryl methyl sites for hydroxylation is 1. The van der Waals surface area contributed by atoms with Gasteiger partial charge in [0.2, 0.25) is 0 Å². The third kappa shape index (κ3) is 3.49. The lowest BCUT2D eigenvalue weighted by Crippen LogP contribution is -2.53. The molecule has 0 aliphatic carbocycles. The number of carbonyl (C=O) groups excluding carboxylic acids is 1. The lowest BCUT2D eigenvalue weighted by molar-refractivity contribution is 0.0326. The van der Waals surface area contributed by atoms with E-state index in [0.29, 0.717) is 25.3 Å². The molecule has 1 aromatic carbocycles. The molecule has 1 amide bonds. The van der Waals surface area contributed by atoms with E-state index in [-0.39, 0.29) is 17.6 Å². The minimum Gasteiger partial charge on any atom is -0.460 e. The normalized spacial score (nSPS) is 21.2. The summed E-state index contributed by atoms with van der Waals surface area (Å²) < 4.78 is 10.8. The predicted octanol–water partition coefficient (Wildman–Crippen LogP) is 2.09. The molecule has 2 aromatic heterocycles. The highest BCUT2D eigenvalue weighted by Crippen LogP contribution is 2.22. The minimum absolute atomic E-state index is 0.236. The largest absolute Gasteiger partial charge is 0.460 e. The van der Waals surface area contributed by atoms with Crippen LogP contribution in [0.15, 0.2) is 45.3 Å². The molecule has 2 N–H and O–H groups in total. The van der Waals surface area contributed by atoms with Gasteiger partial charge in [-0.1, -0.05) is 23.4 Å². The van der Waals surface area contributed by atoms with Crippen LogP contribution in [0.1, 0.15) is 28.4 Å². The summed E-state index contributed by atoms with van der Waals surface area (Å²) >= 11 is 0. The average Bonchev–Trinajstić information content (AvgIpc) is 3.22. The van der Waals surface area contributed by atoms with Crippen molar-refractivity contribution < 1.29 is 18.8 Å². The first-order valence-electron chi connectivity index (χ1n) is 8.70. The van der Waals surface area contributed by atoms with Crippen molar-refractivity contribution in [3.05, 3.63) is 53.6 Å². The number of likely N-dealkylation sites (tertiary alicyclic amines) is 1. The van der Waals surface area contributed by atoms with Crippen molar-refractivity contribution in [1.82, 2.24) is 15.4 Å². The molecule has 136 valence electrons. The number of furan rings is 1. The van der Waals surface area contributed by atoms with Gasteiger partial charge in [0.15, 0.2) is 5.69 Å². The van der Waals surface area contributed by atoms with Crippen LogP contribution in [0.4, 0.5) is 0 Å². The number of para-hydroxylation sites is 1. The number of benzene rings is 1. The molecular formula is C19H21N3O4. The molecule has 2 atom stereocenters. The number of fused-ring (bicyclic) bond motifs is 1. The predicted molar refractivity (Wildman–Crippen MR) is 94.6 cm³/mol. The minimum atomic E-state index is -0.648. The number of hydrogen-bond acceptors (Lipinski definition) is 6. The fraction of sp³-hybridized carbons (Fsp3) is 0.368. The number of nitrogens with zero attached hydrogens (tertiary/aromatic N) is 2. The summed E-state index contributed by atoms with van der Waals surface area (Å²) in [5, 5.41) is 18.1. The molecule has 3 heterocycles. The van der Waals surface area contributed by atoms with Crippen LogP contribution in [0.5, 0.6) is 0 Å². The van der Waals surface area contributed by atoms with Crippen molar-refractivity contribution in [2.75, 3.05) is 13.1 Å². The van der Waals surface area contributed by atoms with Gasteiger partial charge in [0.1, 0.15) is 17.1 Å². The number of aliphatic hydroxyl groups is 1. The van der Waals surface area contributed by atoms with Crippen molar-refractivity contribution in [2.45, 2.75) is 32.0 Å². The van der Waals surface area contributed by atoms with Gasteiger partial charge in [-0.2, -0.15) is 0 Å². The second kappa shape index (κ2) is 6.93. The molecule has 1 aliphatic rings. The third-order valence-electron chi connectivity index (χ3n) is 4.70. The summed E-state index contributed by atoms with van der Waals surface area (Å²) in [4.78, 5) is 14.3. The van der Waals surface area contributed by atoms with E-state index in [4.69, 9.17) is 8.94 Å². The first-order valence-corrected chi connectivity index (χ1v) is 8.70. The van der Waals surface area contributed by atoms with Crippen LogP contribution in [0.2, 0.25) is 0 Å². The molecular weight excluding hydrogens is 334 g/mol. The van der Waals surface area contributed by atoms with E-state index in [1.807, 2.05) is 30.3 Å². The number of carbonyl (C=O) groups is 1. The maximum atomic E-state index is 12.2. The Kier molecular flexibility index (Phi) is 4.48. The Bertz CT molecular complexity index is 883. The van der Waals surface area contributed by atoms with Crippen LogP contribution in [0, 0.1) is 6.92 Å². The number of amides is 1. The average molecular weight is 355 g/mol. The summed E-state index contributed by atoms with van der Waals surface area (Å²) in [5.74, 6) is 1.13. The van der Waals surface area contributed by atoms with E-state index in [2.05, 4.69) is 15.4 Å². The topological polar surface area (TPSA) is 91.7 Å². The van der Waals surface area contributed by atoms with Crippen LogP contribution < -0.4 is 5.32 Å². The maximum Gasteiger partial charge on any atom is 0.273 e. The molecule has 0 bridgehead atoms. The van der Waals surface area contributed by atoms with Crippen molar-refractivity contribution in [1.29, 1.82) is 0 Å². The SMILES string of the molecule is Cc1cc(C(=O)N[C@@H]2CCN(Cc3cc4ccccc4o3)C[C@H]2O)no1. The van der Waals surface area contributed by atoms with Crippen LogP contribution >= 0.6 is 0 Å². The van der Waals surface area contributed by atoms with Crippen molar-refractivity contribution >= 4 is 16.9 Å².